The van der Waals surface area contributed by atoms with E-state index >= 15 is 0 Å². The third-order valence-electron chi connectivity index (χ3n) is 3.97. The minimum atomic E-state index is -3.27. The molecule has 0 heterocycles. The number of carbonyl (C=O) groups is 1. The van der Waals surface area contributed by atoms with E-state index in [1.54, 1.807) is 0 Å². The smallest absolute Gasteiger partial charge is 0.224 e. The molecule has 1 fully saturated rings. The van der Waals surface area contributed by atoms with Crippen molar-refractivity contribution >= 4 is 31.9 Å². The summed E-state index contributed by atoms with van der Waals surface area (Å²) in [6.07, 6.45) is 3.35. The molecule has 0 saturated heterocycles. The first-order valence-corrected chi connectivity index (χ1v) is 9.40. The maximum Gasteiger partial charge on any atom is 0.224 e. The topological polar surface area (TPSA) is 89.3 Å². The third kappa shape index (κ3) is 4.28. The summed E-state index contributed by atoms with van der Waals surface area (Å²) in [6, 6.07) is 7.53. The number of amides is 1. The van der Waals surface area contributed by atoms with E-state index < -0.39 is 15.4 Å². The predicted octanol–water partition coefficient (Wildman–Crippen LogP) is 1.56. The molecule has 1 amide bonds. The van der Waals surface area contributed by atoms with Gasteiger partial charge >= 0.3 is 0 Å². The van der Waals surface area contributed by atoms with Crippen LogP contribution in [0.15, 0.2) is 28.7 Å². The summed E-state index contributed by atoms with van der Waals surface area (Å²) >= 11 is 3.37. The molecule has 0 aromatic heterocycles. The molecule has 7 heteroatoms. The molecule has 0 spiro atoms. The van der Waals surface area contributed by atoms with E-state index in [-0.39, 0.29) is 11.9 Å². The fourth-order valence-electron chi connectivity index (χ4n) is 2.99. The molecular formula is C14H19BrN2O3S. The summed E-state index contributed by atoms with van der Waals surface area (Å²) in [5.41, 5.74) is 5.97. The van der Waals surface area contributed by atoms with Gasteiger partial charge in [0.25, 0.3) is 0 Å². The van der Waals surface area contributed by atoms with Crippen molar-refractivity contribution in [3.05, 3.63) is 34.3 Å². The summed E-state index contributed by atoms with van der Waals surface area (Å²) in [5, 5.41) is 0. The Balaban J connectivity index is 2.15. The average molecular weight is 375 g/mol. The van der Waals surface area contributed by atoms with Crippen molar-refractivity contribution in [1.82, 2.24) is 4.72 Å². The number of nitrogens with two attached hydrogens (primary N) is 1. The van der Waals surface area contributed by atoms with E-state index in [4.69, 9.17) is 5.73 Å². The molecule has 1 aromatic rings. The molecule has 5 nitrogen and oxygen atoms in total. The average Bonchev–Trinajstić information content (AvgIpc) is 2.74. The molecule has 0 bridgehead atoms. The van der Waals surface area contributed by atoms with Gasteiger partial charge in [-0.3, -0.25) is 4.79 Å². The van der Waals surface area contributed by atoms with Gasteiger partial charge in [0.15, 0.2) is 0 Å². The standard InChI is InChI=1S/C14H19BrN2O3S/c1-21(19,20)17-12-6-7-14(9-12,13(16)18)8-10-2-4-11(15)5-3-10/h2-5,12,17H,6-9H2,1H3,(H2,16,18)/t12-,14+/m0/s1. The largest absolute Gasteiger partial charge is 0.369 e. The maximum atomic E-state index is 11.9. The summed E-state index contributed by atoms with van der Waals surface area (Å²) < 4.78 is 26.2. The number of nitrogens with one attached hydrogen (secondary N) is 1. The van der Waals surface area contributed by atoms with Crippen LogP contribution in [0.25, 0.3) is 0 Å². The third-order valence-corrected chi connectivity index (χ3v) is 5.26. The number of benzene rings is 1. The molecule has 1 aromatic carbocycles. The second-order valence-electron chi connectivity index (χ2n) is 5.78. The molecule has 2 rings (SSSR count). The van der Waals surface area contributed by atoms with E-state index in [0.717, 1.165) is 16.3 Å². The van der Waals surface area contributed by atoms with Crippen LogP contribution in [-0.2, 0) is 21.2 Å². The molecule has 2 atom stereocenters. The first kappa shape index (κ1) is 16.5. The molecule has 0 unspecified atom stereocenters. The molecule has 116 valence electrons. The maximum absolute atomic E-state index is 11.9. The Kier molecular flexibility index (Phi) is 4.75. The van der Waals surface area contributed by atoms with Crippen molar-refractivity contribution in [2.75, 3.05) is 6.26 Å². The lowest BCUT2D eigenvalue weighted by Gasteiger charge is -2.26. The van der Waals surface area contributed by atoms with E-state index in [1.165, 1.54) is 0 Å². The summed E-state index contributed by atoms with van der Waals surface area (Å²) in [7, 11) is -3.27. The SMILES string of the molecule is CS(=O)(=O)N[C@H]1CC[C@](Cc2ccc(Br)cc2)(C(N)=O)C1. The molecule has 0 radical (unpaired) electrons. The van der Waals surface area contributed by atoms with Crippen molar-refractivity contribution in [2.24, 2.45) is 11.1 Å². The van der Waals surface area contributed by atoms with Crippen LogP contribution in [0.5, 0.6) is 0 Å². The zero-order chi connectivity index (χ0) is 15.7. The van der Waals surface area contributed by atoms with Gasteiger partial charge in [0, 0.05) is 10.5 Å². The molecule has 1 aliphatic rings. The number of halogens is 1. The van der Waals surface area contributed by atoms with Gasteiger partial charge in [-0.1, -0.05) is 28.1 Å². The van der Waals surface area contributed by atoms with Crippen LogP contribution in [0.2, 0.25) is 0 Å². The predicted molar refractivity (Wildman–Crippen MR) is 85.1 cm³/mol. The lowest BCUT2D eigenvalue weighted by atomic mass is 9.79. The van der Waals surface area contributed by atoms with E-state index in [1.807, 2.05) is 24.3 Å². The van der Waals surface area contributed by atoms with Crippen molar-refractivity contribution in [3.63, 3.8) is 0 Å². The van der Waals surface area contributed by atoms with Gasteiger partial charge in [-0.05, 0) is 43.4 Å². The van der Waals surface area contributed by atoms with Crippen LogP contribution < -0.4 is 10.5 Å². The molecular weight excluding hydrogens is 356 g/mol. The van der Waals surface area contributed by atoms with Crippen LogP contribution in [0.3, 0.4) is 0 Å². The normalized spacial score (nSPS) is 25.9. The van der Waals surface area contributed by atoms with Gasteiger partial charge in [0.05, 0.1) is 11.7 Å². The number of primary amides is 1. The highest BCUT2D eigenvalue weighted by molar-refractivity contribution is 9.10. The van der Waals surface area contributed by atoms with Crippen molar-refractivity contribution in [2.45, 2.75) is 31.7 Å². The summed E-state index contributed by atoms with van der Waals surface area (Å²) in [4.78, 5) is 11.9. The highest BCUT2D eigenvalue weighted by atomic mass is 79.9. The van der Waals surface area contributed by atoms with Crippen LogP contribution in [0, 0.1) is 5.41 Å². The lowest BCUT2D eigenvalue weighted by molar-refractivity contribution is -0.127. The second-order valence-corrected chi connectivity index (χ2v) is 8.47. The Bertz CT molecular complexity index is 630. The Morgan fingerprint density at radius 2 is 2.05 bits per heavy atom. The monoisotopic (exact) mass is 374 g/mol. The lowest BCUT2D eigenvalue weighted by Crippen LogP contribution is -2.39. The first-order chi connectivity index (χ1) is 9.70. The Labute approximate surface area is 133 Å². The summed E-state index contributed by atoms with van der Waals surface area (Å²) in [6.45, 7) is 0. The molecule has 0 aliphatic heterocycles. The highest BCUT2D eigenvalue weighted by Crippen LogP contribution is 2.41. The second kappa shape index (κ2) is 6.06. The van der Waals surface area contributed by atoms with Gasteiger partial charge in [-0.2, -0.15) is 0 Å². The fraction of sp³-hybridized carbons (Fsp3) is 0.500. The van der Waals surface area contributed by atoms with Crippen LogP contribution in [-0.4, -0.2) is 26.6 Å². The zero-order valence-corrected chi connectivity index (χ0v) is 14.2. The quantitative estimate of drug-likeness (QED) is 0.819. The van der Waals surface area contributed by atoms with Gasteiger partial charge in [0.1, 0.15) is 0 Å². The van der Waals surface area contributed by atoms with E-state index in [2.05, 4.69) is 20.7 Å². The number of rotatable bonds is 5. The van der Waals surface area contributed by atoms with E-state index in [0.29, 0.717) is 25.7 Å². The van der Waals surface area contributed by atoms with Gasteiger partial charge in [-0.25, -0.2) is 13.1 Å². The van der Waals surface area contributed by atoms with Gasteiger partial charge in [-0.15, -0.1) is 0 Å². The summed E-state index contributed by atoms with van der Waals surface area (Å²) in [5.74, 6) is -0.358. The Morgan fingerprint density at radius 1 is 1.43 bits per heavy atom. The molecule has 21 heavy (non-hydrogen) atoms. The van der Waals surface area contributed by atoms with Crippen molar-refractivity contribution in [3.8, 4) is 0 Å². The number of sulfonamides is 1. The highest BCUT2D eigenvalue weighted by Gasteiger charge is 2.44. The van der Waals surface area contributed by atoms with Crippen LogP contribution in [0.4, 0.5) is 0 Å². The Morgan fingerprint density at radius 3 is 2.57 bits per heavy atom. The molecule has 3 N–H and O–H groups in total. The number of carbonyl (C=O) groups excluding carboxylic acids is 1. The zero-order valence-electron chi connectivity index (χ0n) is 11.8. The van der Waals surface area contributed by atoms with Crippen molar-refractivity contribution < 1.29 is 13.2 Å². The Hall–Kier alpha value is -0.920. The first-order valence-electron chi connectivity index (χ1n) is 6.72. The van der Waals surface area contributed by atoms with Crippen molar-refractivity contribution in [1.29, 1.82) is 0 Å². The van der Waals surface area contributed by atoms with Gasteiger partial charge in [0.2, 0.25) is 15.9 Å². The van der Waals surface area contributed by atoms with Gasteiger partial charge < -0.3 is 5.73 Å². The number of hydrogen-bond donors (Lipinski definition) is 2. The van der Waals surface area contributed by atoms with Crippen LogP contribution >= 0.6 is 15.9 Å². The molecule has 1 saturated carbocycles. The molecule has 1 aliphatic carbocycles. The fourth-order valence-corrected chi connectivity index (χ4v) is 4.07. The van der Waals surface area contributed by atoms with E-state index in [9.17, 15) is 13.2 Å². The number of hydrogen-bond acceptors (Lipinski definition) is 3. The van der Waals surface area contributed by atoms with Crippen LogP contribution in [0.1, 0.15) is 24.8 Å². The minimum Gasteiger partial charge on any atom is -0.369 e. The minimum absolute atomic E-state index is 0.219.